The third-order valence-corrected chi connectivity index (χ3v) is 4.55. The van der Waals surface area contributed by atoms with Gasteiger partial charge in [0.1, 0.15) is 0 Å². The van der Waals surface area contributed by atoms with Crippen molar-refractivity contribution in [1.82, 2.24) is 0 Å². The Balaban J connectivity index is 1.86. The number of non-ortho nitro benzene ring substituents is 1. The number of thioether (sulfide) groups is 1. The summed E-state index contributed by atoms with van der Waals surface area (Å²) in [6.45, 7) is 0. The van der Waals surface area contributed by atoms with Crippen molar-refractivity contribution in [2.45, 2.75) is 11.8 Å². The fourth-order valence-corrected chi connectivity index (χ4v) is 3.52. The van der Waals surface area contributed by atoms with Crippen LogP contribution >= 0.6 is 11.8 Å². The smallest absolute Gasteiger partial charge is 0.272 e. The number of nitro groups is 1. The van der Waals surface area contributed by atoms with Crippen molar-refractivity contribution in [3.8, 4) is 0 Å². The Morgan fingerprint density at radius 2 is 2.10 bits per heavy atom. The van der Waals surface area contributed by atoms with E-state index in [9.17, 15) is 14.5 Å². The highest BCUT2D eigenvalue weighted by Gasteiger charge is 2.21. The van der Waals surface area contributed by atoms with Crippen molar-refractivity contribution in [2.75, 3.05) is 11.1 Å². The average Bonchev–Trinajstić information content (AvgIpc) is 2.49. The number of halogens is 1. The van der Waals surface area contributed by atoms with Gasteiger partial charge in [-0.25, -0.2) is 4.39 Å². The molecule has 2 aromatic rings. The highest BCUT2D eigenvalue weighted by atomic mass is 32.2. The van der Waals surface area contributed by atoms with Gasteiger partial charge in [-0.05, 0) is 17.2 Å². The second-order valence-electron chi connectivity index (χ2n) is 4.83. The van der Waals surface area contributed by atoms with Crippen LogP contribution in [-0.4, -0.2) is 10.7 Å². The standard InChI is InChI=1S/C15H13FN2O2S/c16-13-7-11(18(19)20)5-6-14(13)17-15-9-21-8-10-3-1-2-4-12(10)15/h1-7,15,17H,8-9H2. The predicted octanol–water partition coefficient (Wildman–Crippen LogP) is 4.13. The molecule has 0 saturated heterocycles. The summed E-state index contributed by atoms with van der Waals surface area (Å²) in [5.74, 6) is 1.20. The number of hydrogen-bond donors (Lipinski definition) is 1. The first kappa shape index (κ1) is 13.9. The van der Waals surface area contributed by atoms with E-state index in [0.717, 1.165) is 23.1 Å². The molecule has 108 valence electrons. The van der Waals surface area contributed by atoms with E-state index >= 15 is 0 Å². The van der Waals surface area contributed by atoms with Gasteiger partial charge in [-0.1, -0.05) is 24.3 Å². The van der Waals surface area contributed by atoms with Gasteiger partial charge in [0.05, 0.1) is 22.7 Å². The van der Waals surface area contributed by atoms with Gasteiger partial charge in [-0.3, -0.25) is 10.1 Å². The maximum Gasteiger partial charge on any atom is 0.272 e. The molecule has 1 unspecified atom stereocenters. The molecule has 0 aliphatic carbocycles. The Hall–Kier alpha value is -2.08. The van der Waals surface area contributed by atoms with Crippen molar-refractivity contribution in [1.29, 1.82) is 0 Å². The van der Waals surface area contributed by atoms with Crippen LogP contribution in [0.3, 0.4) is 0 Å². The number of anilines is 1. The molecule has 0 aromatic heterocycles. The van der Waals surface area contributed by atoms with Gasteiger partial charge < -0.3 is 5.32 Å². The molecule has 1 aliphatic heterocycles. The monoisotopic (exact) mass is 304 g/mol. The van der Waals surface area contributed by atoms with Crippen LogP contribution in [0, 0.1) is 15.9 Å². The third kappa shape index (κ3) is 2.85. The van der Waals surface area contributed by atoms with Crippen LogP contribution < -0.4 is 5.32 Å². The minimum absolute atomic E-state index is 0.0101. The van der Waals surface area contributed by atoms with Crippen LogP contribution in [-0.2, 0) is 5.75 Å². The maximum atomic E-state index is 14.0. The van der Waals surface area contributed by atoms with E-state index in [4.69, 9.17) is 0 Å². The largest absolute Gasteiger partial charge is 0.375 e. The second-order valence-corrected chi connectivity index (χ2v) is 5.86. The lowest BCUT2D eigenvalue weighted by molar-refractivity contribution is -0.385. The van der Waals surface area contributed by atoms with E-state index in [2.05, 4.69) is 11.4 Å². The molecule has 1 aliphatic rings. The Labute approximate surface area is 125 Å². The van der Waals surface area contributed by atoms with E-state index in [1.807, 2.05) is 18.2 Å². The van der Waals surface area contributed by atoms with Crippen molar-refractivity contribution in [3.63, 3.8) is 0 Å². The highest BCUT2D eigenvalue weighted by molar-refractivity contribution is 7.98. The maximum absolute atomic E-state index is 14.0. The number of nitro benzene ring substituents is 1. The molecule has 0 spiro atoms. The number of nitrogens with one attached hydrogen (secondary N) is 1. The van der Waals surface area contributed by atoms with Crippen LogP contribution in [0.15, 0.2) is 42.5 Å². The van der Waals surface area contributed by atoms with Crippen LogP contribution in [0.25, 0.3) is 0 Å². The number of fused-ring (bicyclic) bond motifs is 1. The first-order valence-electron chi connectivity index (χ1n) is 6.51. The molecule has 0 radical (unpaired) electrons. The quantitative estimate of drug-likeness (QED) is 0.684. The molecule has 0 amide bonds. The number of nitrogens with zero attached hydrogens (tertiary/aromatic N) is 1. The highest BCUT2D eigenvalue weighted by Crippen LogP contribution is 2.34. The Bertz CT molecular complexity index is 693. The van der Waals surface area contributed by atoms with E-state index in [-0.39, 0.29) is 11.7 Å². The van der Waals surface area contributed by atoms with Crippen molar-refractivity contribution in [2.24, 2.45) is 0 Å². The van der Waals surface area contributed by atoms with Gasteiger partial charge in [-0.2, -0.15) is 11.8 Å². The van der Waals surface area contributed by atoms with Crippen molar-refractivity contribution < 1.29 is 9.31 Å². The Morgan fingerprint density at radius 1 is 1.29 bits per heavy atom. The first-order chi connectivity index (χ1) is 10.1. The van der Waals surface area contributed by atoms with Gasteiger partial charge in [0.15, 0.2) is 5.82 Å². The summed E-state index contributed by atoms with van der Waals surface area (Å²) in [4.78, 5) is 10.0. The lowest BCUT2D eigenvalue weighted by Gasteiger charge is -2.27. The fourth-order valence-electron chi connectivity index (χ4n) is 2.42. The summed E-state index contributed by atoms with van der Waals surface area (Å²) in [6.07, 6.45) is 0. The fraction of sp³-hybridized carbons (Fsp3) is 0.200. The predicted molar refractivity (Wildman–Crippen MR) is 82.0 cm³/mol. The second kappa shape index (κ2) is 5.73. The van der Waals surface area contributed by atoms with Crippen LogP contribution in [0.4, 0.5) is 15.8 Å². The first-order valence-corrected chi connectivity index (χ1v) is 7.66. The van der Waals surface area contributed by atoms with Gasteiger partial charge >= 0.3 is 0 Å². The summed E-state index contributed by atoms with van der Waals surface area (Å²) >= 11 is 1.79. The van der Waals surface area contributed by atoms with E-state index in [0.29, 0.717) is 5.69 Å². The molecular formula is C15H13FN2O2S. The lowest BCUT2D eigenvalue weighted by atomic mass is 10.0. The van der Waals surface area contributed by atoms with E-state index < -0.39 is 10.7 Å². The zero-order chi connectivity index (χ0) is 14.8. The molecule has 0 bridgehead atoms. The lowest BCUT2D eigenvalue weighted by Crippen LogP contribution is -2.19. The van der Waals surface area contributed by atoms with Crippen molar-refractivity contribution >= 4 is 23.1 Å². The normalized spacial score (nSPS) is 17.1. The molecule has 1 N–H and O–H groups in total. The molecule has 2 aromatic carbocycles. The molecular weight excluding hydrogens is 291 g/mol. The minimum atomic E-state index is -0.600. The Morgan fingerprint density at radius 3 is 2.86 bits per heavy atom. The van der Waals surface area contributed by atoms with Gasteiger partial charge in [0, 0.05) is 17.6 Å². The van der Waals surface area contributed by atoms with Gasteiger partial charge in [0.2, 0.25) is 0 Å². The average molecular weight is 304 g/mol. The molecule has 6 heteroatoms. The zero-order valence-electron chi connectivity index (χ0n) is 11.1. The van der Waals surface area contributed by atoms with Crippen molar-refractivity contribution in [3.05, 3.63) is 69.5 Å². The summed E-state index contributed by atoms with van der Waals surface area (Å²) in [5, 5.41) is 13.8. The molecule has 0 fully saturated rings. The number of hydrogen-bond acceptors (Lipinski definition) is 4. The molecule has 21 heavy (non-hydrogen) atoms. The number of rotatable bonds is 3. The topological polar surface area (TPSA) is 55.2 Å². The van der Waals surface area contributed by atoms with Crippen LogP contribution in [0.5, 0.6) is 0 Å². The summed E-state index contributed by atoms with van der Waals surface area (Å²) in [6, 6.07) is 11.8. The molecule has 1 atom stereocenters. The number of benzene rings is 2. The third-order valence-electron chi connectivity index (χ3n) is 3.47. The van der Waals surface area contributed by atoms with Crippen LogP contribution in [0.2, 0.25) is 0 Å². The molecule has 4 nitrogen and oxygen atoms in total. The summed E-state index contributed by atoms with van der Waals surface area (Å²) in [7, 11) is 0. The SMILES string of the molecule is O=[N+]([O-])c1ccc(NC2CSCc3ccccc32)c(F)c1. The zero-order valence-corrected chi connectivity index (χ0v) is 11.9. The Kier molecular flexibility index (Phi) is 3.79. The molecule has 1 heterocycles. The van der Waals surface area contributed by atoms with Gasteiger partial charge in [0.25, 0.3) is 5.69 Å². The van der Waals surface area contributed by atoms with E-state index in [1.54, 1.807) is 11.8 Å². The van der Waals surface area contributed by atoms with E-state index in [1.165, 1.54) is 17.7 Å². The van der Waals surface area contributed by atoms with Crippen LogP contribution in [0.1, 0.15) is 17.2 Å². The van der Waals surface area contributed by atoms with Gasteiger partial charge in [-0.15, -0.1) is 0 Å². The molecule has 3 rings (SSSR count). The summed E-state index contributed by atoms with van der Waals surface area (Å²) < 4.78 is 14.0. The molecule has 0 saturated carbocycles. The summed E-state index contributed by atoms with van der Waals surface area (Å²) in [5.41, 5.74) is 2.46. The minimum Gasteiger partial charge on any atom is -0.375 e.